The Morgan fingerprint density at radius 1 is 1.15 bits per heavy atom. The molecule has 2 aromatic carbocycles. The number of anilines is 1. The van der Waals surface area contributed by atoms with Gasteiger partial charge in [0.25, 0.3) is 11.4 Å². The highest BCUT2D eigenvalue weighted by atomic mass is 16.7. The van der Waals surface area contributed by atoms with Gasteiger partial charge in [-0.3, -0.25) is 20.2 Å². The summed E-state index contributed by atoms with van der Waals surface area (Å²) in [7, 11) is 0. The Morgan fingerprint density at radius 3 is 2.59 bits per heavy atom. The summed E-state index contributed by atoms with van der Waals surface area (Å²) in [6, 6.07) is 5.94. The number of nitrogen functional groups attached to an aromatic ring is 1. The first-order valence-corrected chi connectivity index (χ1v) is 7.58. The fraction of sp³-hybridized carbons (Fsp3) is 0.188. The molecule has 0 amide bonds. The van der Waals surface area contributed by atoms with Crippen molar-refractivity contribution in [3.63, 3.8) is 0 Å². The maximum Gasteiger partial charge on any atom is 0.340 e. The minimum Gasteiger partial charge on any atom is -0.467 e. The molecule has 11 nitrogen and oxygen atoms in total. The standard InChI is InChI=1S/C16H13N3O8/c17-14-2-1-11(18(21)22)5-13(14)16(20)26-7-10-4-12(19(23)24)3-9-6-25-8-27-15(9)10/h1-5H,6-8,17H2. The quantitative estimate of drug-likeness (QED) is 0.358. The van der Waals surface area contributed by atoms with Crippen LogP contribution in [0.3, 0.4) is 0 Å². The molecule has 1 aliphatic heterocycles. The van der Waals surface area contributed by atoms with E-state index in [1.54, 1.807) is 0 Å². The molecule has 0 aromatic heterocycles. The molecule has 0 radical (unpaired) electrons. The number of carbonyl (C=O) groups is 1. The lowest BCUT2D eigenvalue weighted by molar-refractivity contribution is -0.385. The normalized spacial score (nSPS) is 12.6. The summed E-state index contributed by atoms with van der Waals surface area (Å²) in [6.07, 6.45) is 0. The summed E-state index contributed by atoms with van der Waals surface area (Å²) in [6.45, 7) is -0.260. The number of rotatable bonds is 5. The Kier molecular flexibility index (Phi) is 4.86. The predicted molar refractivity (Wildman–Crippen MR) is 90.0 cm³/mol. The third-order valence-electron chi connectivity index (χ3n) is 3.81. The maximum atomic E-state index is 12.3. The van der Waals surface area contributed by atoms with Gasteiger partial charge in [-0.1, -0.05) is 0 Å². The zero-order chi connectivity index (χ0) is 19.6. The van der Waals surface area contributed by atoms with E-state index in [1.807, 2.05) is 0 Å². The third-order valence-corrected chi connectivity index (χ3v) is 3.81. The van der Waals surface area contributed by atoms with Gasteiger partial charge in [0.15, 0.2) is 6.79 Å². The van der Waals surface area contributed by atoms with E-state index >= 15 is 0 Å². The molecule has 140 valence electrons. The Bertz CT molecular complexity index is 944. The highest BCUT2D eigenvalue weighted by Gasteiger charge is 2.23. The number of hydrogen-bond acceptors (Lipinski definition) is 9. The monoisotopic (exact) mass is 375 g/mol. The van der Waals surface area contributed by atoms with E-state index in [2.05, 4.69) is 0 Å². The zero-order valence-electron chi connectivity index (χ0n) is 13.7. The van der Waals surface area contributed by atoms with Gasteiger partial charge in [0.2, 0.25) is 0 Å². The molecule has 11 heteroatoms. The minimum atomic E-state index is -0.900. The molecular formula is C16H13N3O8. The molecule has 0 fully saturated rings. The van der Waals surface area contributed by atoms with Gasteiger partial charge < -0.3 is 19.9 Å². The molecule has 0 saturated heterocycles. The molecular weight excluding hydrogens is 362 g/mol. The lowest BCUT2D eigenvalue weighted by atomic mass is 10.1. The average molecular weight is 375 g/mol. The Balaban J connectivity index is 1.85. The molecule has 1 heterocycles. The average Bonchev–Trinajstić information content (AvgIpc) is 2.65. The van der Waals surface area contributed by atoms with Gasteiger partial charge in [-0.2, -0.15) is 0 Å². The molecule has 1 aliphatic rings. The van der Waals surface area contributed by atoms with E-state index in [0.717, 1.165) is 12.1 Å². The first kappa shape index (κ1) is 18.1. The van der Waals surface area contributed by atoms with Crippen LogP contribution in [0.5, 0.6) is 5.75 Å². The number of non-ortho nitro benzene ring substituents is 2. The van der Waals surface area contributed by atoms with Crippen LogP contribution < -0.4 is 10.5 Å². The van der Waals surface area contributed by atoms with Crippen molar-refractivity contribution in [2.75, 3.05) is 12.5 Å². The van der Waals surface area contributed by atoms with Gasteiger partial charge in [0.05, 0.1) is 22.0 Å². The summed E-state index contributed by atoms with van der Waals surface area (Å²) < 4.78 is 15.6. The lowest BCUT2D eigenvalue weighted by Crippen LogP contribution is -2.15. The number of benzene rings is 2. The van der Waals surface area contributed by atoms with E-state index < -0.39 is 15.8 Å². The van der Waals surface area contributed by atoms with E-state index in [9.17, 15) is 25.0 Å². The third kappa shape index (κ3) is 3.77. The molecule has 0 aliphatic carbocycles. The van der Waals surface area contributed by atoms with Crippen LogP contribution in [0.4, 0.5) is 17.1 Å². The smallest absolute Gasteiger partial charge is 0.340 e. The molecule has 2 N–H and O–H groups in total. The van der Waals surface area contributed by atoms with Crippen molar-refractivity contribution < 1.29 is 28.9 Å². The molecule has 0 unspecified atom stereocenters. The topological polar surface area (TPSA) is 157 Å². The summed E-state index contributed by atoms with van der Waals surface area (Å²) in [4.78, 5) is 33.0. The fourth-order valence-electron chi connectivity index (χ4n) is 2.55. The number of esters is 1. The van der Waals surface area contributed by atoms with E-state index in [1.165, 1.54) is 18.2 Å². The molecule has 0 saturated carbocycles. The Labute approximate surface area is 151 Å². The number of ether oxygens (including phenoxy) is 3. The number of nitro groups is 2. The first-order chi connectivity index (χ1) is 12.9. The predicted octanol–water partition coefficient (Wildman–Crippen LogP) is 2.31. The molecule has 0 spiro atoms. The maximum absolute atomic E-state index is 12.3. The number of nitro benzene ring substituents is 2. The van der Waals surface area contributed by atoms with Gasteiger partial charge in [0.1, 0.15) is 12.4 Å². The van der Waals surface area contributed by atoms with Crippen LogP contribution in [0.1, 0.15) is 21.5 Å². The number of nitrogens with zero attached hydrogens (tertiary/aromatic N) is 2. The van der Waals surface area contributed by atoms with Crippen LogP contribution in [-0.2, 0) is 22.7 Å². The second kappa shape index (κ2) is 7.25. The van der Waals surface area contributed by atoms with Gasteiger partial charge in [0, 0.05) is 41.1 Å². The van der Waals surface area contributed by atoms with Gasteiger partial charge in [-0.15, -0.1) is 0 Å². The molecule has 2 aromatic rings. The van der Waals surface area contributed by atoms with Crippen molar-refractivity contribution in [2.24, 2.45) is 0 Å². The SMILES string of the molecule is Nc1ccc([N+](=O)[O-])cc1C(=O)OCc1cc([N+](=O)[O-])cc2c1OCOC2. The van der Waals surface area contributed by atoms with Crippen molar-refractivity contribution >= 4 is 23.0 Å². The van der Waals surface area contributed by atoms with E-state index in [-0.39, 0.29) is 48.2 Å². The van der Waals surface area contributed by atoms with Crippen molar-refractivity contribution in [2.45, 2.75) is 13.2 Å². The van der Waals surface area contributed by atoms with E-state index in [4.69, 9.17) is 19.9 Å². The molecule has 0 bridgehead atoms. The number of hydrogen-bond donors (Lipinski definition) is 1. The Hall–Kier alpha value is -3.73. The fourth-order valence-corrected chi connectivity index (χ4v) is 2.55. The zero-order valence-corrected chi connectivity index (χ0v) is 13.7. The van der Waals surface area contributed by atoms with Crippen LogP contribution in [0, 0.1) is 20.2 Å². The number of nitrogens with two attached hydrogens (primary N) is 1. The first-order valence-electron chi connectivity index (χ1n) is 7.58. The molecule has 27 heavy (non-hydrogen) atoms. The highest BCUT2D eigenvalue weighted by molar-refractivity contribution is 5.95. The van der Waals surface area contributed by atoms with Crippen LogP contribution in [0.25, 0.3) is 0 Å². The van der Waals surface area contributed by atoms with Gasteiger partial charge in [-0.25, -0.2) is 4.79 Å². The van der Waals surface area contributed by atoms with Crippen LogP contribution in [0.15, 0.2) is 30.3 Å². The van der Waals surface area contributed by atoms with Crippen LogP contribution in [0.2, 0.25) is 0 Å². The summed E-state index contributed by atoms with van der Waals surface area (Å²) in [5.41, 5.74) is 5.73. The van der Waals surface area contributed by atoms with Crippen molar-refractivity contribution in [1.29, 1.82) is 0 Å². The highest BCUT2D eigenvalue weighted by Crippen LogP contribution is 2.33. The molecule has 0 atom stereocenters. The van der Waals surface area contributed by atoms with Gasteiger partial charge in [-0.05, 0) is 6.07 Å². The summed E-state index contributed by atoms with van der Waals surface area (Å²) in [5, 5.41) is 21.9. The summed E-state index contributed by atoms with van der Waals surface area (Å²) in [5.74, 6) is -0.560. The van der Waals surface area contributed by atoms with Crippen LogP contribution >= 0.6 is 0 Å². The van der Waals surface area contributed by atoms with Crippen molar-refractivity contribution in [3.8, 4) is 5.75 Å². The summed E-state index contributed by atoms with van der Waals surface area (Å²) >= 11 is 0. The Morgan fingerprint density at radius 2 is 1.89 bits per heavy atom. The molecule has 3 rings (SSSR count). The van der Waals surface area contributed by atoms with Gasteiger partial charge >= 0.3 is 5.97 Å². The lowest BCUT2D eigenvalue weighted by Gasteiger charge is -2.20. The van der Waals surface area contributed by atoms with E-state index in [0.29, 0.717) is 11.3 Å². The van der Waals surface area contributed by atoms with Crippen molar-refractivity contribution in [1.82, 2.24) is 0 Å². The largest absolute Gasteiger partial charge is 0.467 e. The minimum absolute atomic E-state index is 0.0105. The second-order valence-corrected chi connectivity index (χ2v) is 5.57. The number of fused-ring (bicyclic) bond motifs is 1. The van der Waals surface area contributed by atoms with Crippen LogP contribution in [-0.4, -0.2) is 22.6 Å². The second-order valence-electron chi connectivity index (χ2n) is 5.57. The van der Waals surface area contributed by atoms with Crippen molar-refractivity contribution in [3.05, 3.63) is 67.3 Å². The number of carbonyl (C=O) groups excluding carboxylic acids is 1.